The molecular weight excluding hydrogens is 589 g/mol. The van der Waals surface area contributed by atoms with E-state index in [0.29, 0.717) is 11.3 Å². The molecule has 0 radical (unpaired) electrons. The maximum Gasteiger partial charge on any atom is 3.00 e. The summed E-state index contributed by atoms with van der Waals surface area (Å²) in [5, 5.41) is 1.68. The number of aromatic nitrogens is 2. The Morgan fingerprint density at radius 2 is 1.88 bits per heavy atom. The molecular formula is C27H21IrN4O. The second-order valence-electron chi connectivity index (χ2n) is 7.20. The normalized spacial score (nSPS) is 14.3. The van der Waals surface area contributed by atoms with Crippen LogP contribution in [0.1, 0.15) is 9.81 Å². The van der Waals surface area contributed by atoms with E-state index in [2.05, 4.69) is 22.1 Å². The van der Waals surface area contributed by atoms with Crippen LogP contribution in [0.5, 0.6) is 0 Å². The summed E-state index contributed by atoms with van der Waals surface area (Å²) in [5.41, 5.74) is 3.76. The molecule has 6 heteroatoms. The van der Waals surface area contributed by atoms with Crippen molar-refractivity contribution in [2.24, 2.45) is 0 Å². The van der Waals surface area contributed by atoms with Crippen LogP contribution in [0.4, 0.5) is 5.69 Å². The molecule has 0 bridgehead atoms. The van der Waals surface area contributed by atoms with Crippen LogP contribution in [0.2, 0.25) is 0 Å². The average Bonchev–Trinajstić information content (AvgIpc) is 3.48. The molecule has 4 heterocycles. The molecule has 3 aromatic heterocycles. The van der Waals surface area contributed by atoms with Crippen molar-refractivity contribution in [2.75, 3.05) is 11.9 Å². The van der Waals surface area contributed by atoms with Crippen LogP contribution in [-0.4, -0.2) is 21.9 Å². The van der Waals surface area contributed by atoms with Crippen LogP contribution in [0, 0.1) is 25.7 Å². The molecule has 0 atom stereocenters. The molecule has 0 unspecified atom stereocenters. The molecule has 1 aliphatic rings. The summed E-state index contributed by atoms with van der Waals surface area (Å²) >= 11 is 0. The van der Waals surface area contributed by atoms with Gasteiger partial charge in [0, 0.05) is 27.0 Å². The Morgan fingerprint density at radius 3 is 2.61 bits per heavy atom. The third-order valence-electron chi connectivity index (χ3n) is 4.96. The van der Waals surface area contributed by atoms with Crippen molar-refractivity contribution in [1.82, 2.24) is 14.9 Å². The zero-order valence-corrected chi connectivity index (χ0v) is 20.1. The number of hydrogen-bond donors (Lipinski definition) is 0. The van der Waals surface area contributed by atoms with E-state index in [4.69, 9.17) is 8.53 Å². The van der Waals surface area contributed by atoms with E-state index >= 15 is 0 Å². The summed E-state index contributed by atoms with van der Waals surface area (Å²) < 4.78 is 28.3. The molecule has 0 amide bonds. The van der Waals surface area contributed by atoms with Gasteiger partial charge in [-0.25, -0.2) is 4.98 Å². The molecule has 0 saturated carbocycles. The second kappa shape index (κ2) is 9.99. The summed E-state index contributed by atoms with van der Waals surface area (Å²) in [7, 11) is 1.93. The van der Waals surface area contributed by atoms with Gasteiger partial charge >= 0.3 is 20.1 Å². The zero-order valence-electron chi connectivity index (χ0n) is 20.7. The van der Waals surface area contributed by atoms with E-state index in [-0.39, 0.29) is 25.8 Å². The van der Waals surface area contributed by atoms with E-state index in [9.17, 15) is 0 Å². The van der Waals surface area contributed by atoms with E-state index < -0.39 is 6.85 Å². The molecule has 0 spiro atoms. The van der Waals surface area contributed by atoms with Gasteiger partial charge in [0.05, 0.1) is 0 Å². The number of hydrogen-bond acceptors (Lipinski definition) is 5. The maximum absolute atomic E-state index is 7.48. The molecule has 164 valence electrons. The minimum Gasteiger partial charge on any atom is -0.510 e. The van der Waals surface area contributed by atoms with Crippen LogP contribution >= 0.6 is 0 Å². The number of rotatable bonds is 2. The van der Waals surface area contributed by atoms with Gasteiger partial charge in [-0.2, -0.15) is 24.9 Å². The average molecular weight is 613 g/mol. The van der Waals surface area contributed by atoms with Crippen LogP contribution in [0.3, 0.4) is 0 Å². The SMILES string of the molecule is [2H]C([2H])([2H])c1ccc2c(n1)oc1c(N3C=CN(C)[CH-]3)[c-]ccc12.[Ir+3].[c-]1ccccc1-c1ccccn1. The quantitative estimate of drug-likeness (QED) is 0.230. The topological polar surface area (TPSA) is 45.4 Å². The Balaban J connectivity index is 0.000000198. The Kier molecular flexibility index (Phi) is 5.76. The molecule has 5 nitrogen and oxygen atoms in total. The molecule has 2 aromatic carbocycles. The first-order valence-corrected chi connectivity index (χ1v) is 10.1. The fraction of sp³-hybridized carbons (Fsp3) is 0.0741. The van der Waals surface area contributed by atoms with Gasteiger partial charge in [0.2, 0.25) is 5.71 Å². The van der Waals surface area contributed by atoms with Gasteiger partial charge < -0.3 is 19.2 Å². The van der Waals surface area contributed by atoms with E-state index in [1.807, 2.05) is 90.5 Å². The van der Waals surface area contributed by atoms with Crippen molar-refractivity contribution >= 4 is 27.8 Å². The van der Waals surface area contributed by atoms with Gasteiger partial charge in [-0.05, 0) is 50.2 Å². The minimum absolute atomic E-state index is 0. The van der Waals surface area contributed by atoms with Crippen molar-refractivity contribution < 1.29 is 28.6 Å². The summed E-state index contributed by atoms with van der Waals surface area (Å²) in [6, 6.07) is 27.0. The number of pyridine rings is 2. The maximum atomic E-state index is 7.48. The second-order valence-corrected chi connectivity index (χ2v) is 7.20. The van der Waals surface area contributed by atoms with Gasteiger partial charge in [0.25, 0.3) is 0 Å². The minimum atomic E-state index is -2.25. The molecule has 0 saturated heterocycles. The van der Waals surface area contributed by atoms with E-state index in [1.165, 1.54) is 6.07 Å². The van der Waals surface area contributed by atoms with Crippen molar-refractivity contribution in [1.29, 1.82) is 0 Å². The first-order valence-electron chi connectivity index (χ1n) is 11.6. The third kappa shape index (κ3) is 4.82. The summed E-state index contributed by atoms with van der Waals surface area (Å²) in [6.45, 7) is -0.351. The smallest absolute Gasteiger partial charge is 0.510 e. The molecule has 0 fully saturated rings. The van der Waals surface area contributed by atoms with E-state index in [1.54, 1.807) is 12.3 Å². The summed E-state index contributed by atoms with van der Waals surface area (Å²) in [6.07, 6.45) is 5.61. The standard InChI is InChI=1S/C16H13N3O.C11H8N.Ir/c1-11-6-7-13-12-4-3-5-14(15(12)20-16(13)17-11)19-9-8-18(2)10-19;1-2-6-10(7-3-1)11-8-4-5-9-12-11;/h3-4,6-10H,1-2H3;1-6,8-9H;/q-2;-1;+3/i1D3;;. The number of anilines is 1. The molecule has 33 heavy (non-hydrogen) atoms. The van der Waals surface area contributed by atoms with Gasteiger partial charge in [0.1, 0.15) is 0 Å². The number of furan rings is 1. The molecule has 6 rings (SSSR count). The Labute approximate surface area is 210 Å². The van der Waals surface area contributed by atoms with Crippen molar-refractivity contribution in [3.63, 3.8) is 0 Å². The number of fused-ring (bicyclic) bond motifs is 3. The molecule has 1 aliphatic heterocycles. The Bertz CT molecular complexity index is 1450. The van der Waals surface area contributed by atoms with Crippen LogP contribution < -0.4 is 4.90 Å². The number of aryl methyl sites for hydroxylation is 1. The first-order chi connectivity index (χ1) is 16.9. The molecule has 0 N–H and O–H groups in total. The fourth-order valence-electron chi connectivity index (χ4n) is 3.46. The van der Waals surface area contributed by atoms with Crippen molar-refractivity contribution in [2.45, 2.75) is 6.85 Å². The molecule has 0 aliphatic carbocycles. The number of nitrogens with zero attached hydrogens (tertiary/aromatic N) is 4. The van der Waals surface area contributed by atoms with Gasteiger partial charge in [-0.1, -0.05) is 23.2 Å². The zero-order chi connectivity index (χ0) is 24.4. The van der Waals surface area contributed by atoms with Crippen molar-refractivity contribution in [3.05, 3.63) is 110 Å². The van der Waals surface area contributed by atoms with Crippen LogP contribution in [0.15, 0.2) is 89.7 Å². The monoisotopic (exact) mass is 613 g/mol. The molecule has 5 aromatic rings. The van der Waals surface area contributed by atoms with Gasteiger partial charge in [-0.3, -0.25) is 0 Å². The van der Waals surface area contributed by atoms with Gasteiger partial charge in [0.15, 0.2) is 0 Å². The summed E-state index contributed by atoms with van der Waals surface area (Å²) in [5.74, 6) is 0. The Hall–Kier alpha value is -3.47. The predicted molar refractivity (Wildman–Crippen MR) is 127 cm³/mol. The summed E-state index contributed by atoms with van der Waals surface area (Å²) in [4.78, 5) is 12.2. The van der Waals surface area contributed by atoms with Crippen LogP contribution in [-0.2, 0) is 20.1 Å². The van der Waals surface area contributed by atoms with Crippen LogP contribution in [0.25, 0.3) is 33.3 Å². The Morgan fingerprint density at radius 1 is 0.970 bits per heavy atom. The fourth-order valence-corrected chi connectivity index (χ4v) is 3.46. The third-order valence-corrected chi connectivity index (χ3v) is 4.96. The largest absolute Gasteiger partial charge is 3.00 e. The van der Waals surface area contributed by atoms with Gasteiger partial charge in [-0.15, -0.1) is 35.9 Å². The predicted octanol–water partition coefficient (Wildman–Crippen LogP) is 5.98. The first kappa shape index (κ1) is 19.0. The van der Waals surface area contributed by atoms with E-state index in [0.717, 1.165) is 27.7 Å². The number of benzene rings is 2. The van der Waals surface area contributed by atoms with Crippen molar-refractivity contribution in [3.8, 4) is 11.3 Å².